The predicted octanol–water partition coefficient (Wildman–Crippen LogP) is 4.66. The number of benzene rings is 3. The van der Waals surface area contributed by atoms with Gasteiger partial charge in [0.1, 0.15) is 6.54 Å². The number of hydrogen-bond acceptors (Lipinski definition) is 3. The van der Waals surface area contributed by atoms with Crippen LogP contribution in [-0.2, 0) is 37.4 Å². The fraction of sp³-hybridized carbons (Fsp3) is 0.333. The van der Waals surface area contributed by atoms with Crippen molar-refractivity contribution in [2.45, 2.75) is 51.4 Å². The van der Waals surface area contributed by atoms with Crippen molar-refractivity contribution in [3.63, 3.8) is 0 Å². The van der Waals surface area contributed by atoms with Crippen molar-refractivity contribution < 1.29 is 4.79 Å². The van der Waals surface area contributed by atoms with Crippen molar-refractivity contribution in [3.05, 3.63) is 129 Å². The first-order valence-corrected chi connectivity index (χ1v) is 14.1. The maximum atomic E-state index is 13.7. The molecule has 3 aromatic carbocycles. The first-order chi connectivity index (χ1) is 19.2. The zero-order valence-corrected chi connectivity index (χ0v) is 22.4. The molecule has 0 N–H and O–H groups in total. The summed E-state index contributed by atoms with van der Waals surface area (Å²) >= 11 is 0. The molecular weight excluding hydrogens is 484 g/mol. The Morgan fingerprint density at radius 2 is 1.31 bits per heavy atom. The molecule has 0 bridgehead atoms. The molecule has 3 heterocycles. The lowest BCUT2D eigenvalue weighted by atomic mass is 9.89. The van der Waals surface area contributed by atoms with E-state index in [0.717, 1.165) is 55.8 Å². The molecule has 39 heavy (non-hydrogen) atoms. The molecule has 1 fully saturated rings. The minimum atomic E-state index is -0.00665. The van der Waals surface area contributed by atoms with Crippen LogP contribution in [0.25, 0.3) is 0 Å². The van der Waals surface area contributed by atoms with Crippen LogP contribution in [0.3, 0.4) is 0 Å². The van der Waals surface area contributed by atoms with Gasteiger partial charge in [-0.3, -0.25) is 19.2 Å². The number of aromatic nitrogens is 2. The van der Waals surface area contributed by atoms with Crippen LogP contribution in [0.15, 0.2) is 95.8 Å². The summed E-state index contributed by atoms with van der Waals surface area (Å²) in [7, 11) is 0. The number of nitrogens with zero attached hydrogens (tertiary/aromatic N) is 4. The molecule has 0 spiro atoms. The van der Waals surface area contributed by atoms with Crippen molar-refractivity contribution in [1.29, 1.82) is 0 Å². The second-order valence-electron chi connectivity index (χ2n) is 10.8. The van der Waals surface area contributed by atoms with Crippen molar-refractivity contribution in [2.24, 2.45) is 0 Å². The van der Waals surface area contributed by atoms with Gasteiger partial charge in [-0.15, -0.1) is 0 Å². The number of likely N-dealkylation sites (tertiary alicyclic amines) is 1. The first-order valence-electron chi connectivity index (χ1n) is 14.1. The molecule has 6 heteroatoms. The van der Waals surface area contributed by atoms with Crippen molar-refractivity contribution in [2.75, 3.05) is 19.6 Å². The van der Waals surface area contributed by atoms with Gasteiger partial charge in [-0.25, -0.2) is 4.68 Å². The molecule has 6 rings (SSSR count). The van der Waals surface area contributed by atoms with Gasteiger partial charge in [0.15, 0.2) is 0 Å². The number of piperidine rings is 1. The van der Waals surface area contributed by atoms with Crippen LogP contribution in [-0.4, -0.2) is 44.7 Å². The molecule has 0 saturated carbocycles. The minimum Gasteiger partial charge on any atom is -0.341 e. The molecular formula is C33H36N4O2. The average molecular weight is 521 g/mol. The molecule has 1 amide bonds. The summed E-state index contributed by atoms with van der Waals surface area (Å²) in [4.78, 5) is 31.6. The summed E-state index contributed by atoms with van der Waals surface area (Å²) in [5.41, 5.74) is 5.65. The van der Waals surface area contributed by atoms with Crippen LogP contribution >= 0.6 is 0 Å². The monoisotopic (exact) mass is 520 g/mol. The minimum absolute atomic E-state index is 0.00665. The summed E-state index contributed by atoms with van der Waals surface area (Å²) in [6.45, 7) is 4.53. The highest BCUT2D eigenvalue weighted by atomic mass is 16.2. The number of carbonyl (C=O) groups excluding carboxylic acids is 1. The van der Waals surface area contributed by atoms with Crippen molar-refractivity contribution >= 4 is 5.91 Å². The van der Waals surface area contributed by atoms with E-state index in [1.54, 1.807) is 4.68 Å². The number of rotatable bonds is 7. The molecule has 4 aromatic rings. The number of carbonyl (C=O) groups is 1. The predicted molar refractivity (Wildman–Crippen MR) is 153 cm³/mol. The Morgan fingerprint density at radius 3 is 1.95 bits per heavy atom. The fourth-order valence-electron chi connectivity index (χ4n) is 6.17. The molecule has 1 aromatic heterocycles. The standard InChI is InChI=1S/C33H36N4O2/c38-32(35-20-16-29(17-21-35)28-14-8-3-9-15-28)25-37-33(39)30-18-19-34(22-26-10-4-1-5-11-26)24-31(30)36(37)23-27-12-6-2-7-13-27/h1-15,29H,16-25H2. The number of fused-ring (bicyclic) bond motifs is 1. The summed E-state index contributed by atoms with van der Waals surface area (Å²) in [6, 6.07) is 31.3. The summed E-state index contributed by atoms with van der Waals surface area (Å²) < 4.78 is 3.80. The molecule has 0 aliphatic carbocycles. The van der Waals surface area contributed by atoms with Crippen LogP contribution in [0.2, 0.25) is 0 Å². The molecule has 2 aliphatic rings. The van der Waals surface area contributed by atoms with Crippen LogP contribution in [0.4, 0.5) is 0 Å². The maximum absolute atomic E-state index is 13.7. The Balaban J connectivity index is 1.23. The highest BCUT2D eigenvalue weighted by Crippen LogP contribution is 2.28. The fourth-order valence-corrected chi connectivity index (χ4v) is 6.17. The number of hydrogen-bond donors (Lipinski definition) is 0. The third-order valence-corrected chi connectivity index (χ3v) is 8.32. The normalized spacial score (nSPS) is 16.3. The van der Waals surface area contributed by atoms with Gasteiger partial charge in [-0.2, -0.15) is 0 Å². The van der Waals surface area contributed by atoms with E-state index in [9.17, 15) is 9.59 Å². The third kappa shape index (κ3) is 5.62. The maximum Gasteiger partial charge on any atom is 0.270 e. The van der Waals surface area contributed by atoms with Gasteiger partial charge in [0.05, 0.1) is 12.2 Å². The first kappa shape index (κ1) is 25.4. The van der Waals surface area contributed by atoms with Crippen LogP contribution < -0.4 is 5.56 Å². The van der Waals surface area contributed by atoms with E-state index in [4.69, 9.17) is 0 Å². The third-order valence-electron chi connectivity index (χ3n) is 8.32. The average Bonchev–Trinajstić information content (AvgIpc) is 3.24. The SMILES string of the molecule is O=C(Cn1c(=O)c2c(n1Cc1ccccc1)CN(Cc1ccccc1)CC2)N1CCC(c2ccccc2)CC1. The molecule has 0 atom stereocenters. The lowest BCUT2D eigenvalue weighted by molar-refractivity contribution is -0.133. The van der Waals surface area contributed by atoms with E-state index in [1.807, 2.05) is 35.2 Å². The smallest absolute Gasteiger partial charge is 0.270 e. The highest BCUT2D eigenvalue weighted by Gasteiger charge is 2.29. The number of amides is 1. The molecule has 0 unspecified atom stereocenters. The quantitative estimate of drug-likeness (QED) is 0.356. The largest absolute Gasteiger partial charge is 0.341 e. The Morgan fingerprint density at radius 1 is 0.718 bits per heavy atom. The zero-order chi connectivity index (χ0) is 26.6. The van der Waals surface area contributed by atoms with Gasteiger partial charge in [0, 0.05) is 38.3 Å². The molecule has 1 saturated heterocycles. The topological polar surface area (TPSA) is 50.5 Å². The lowest BCUT2D eigenvalue weighted by Crippen LogP contribution is -2.42. The summed E-state index contributed by atoms with van der Waals surface area (Å²) in [5.74, 6) is 0.525. The van der Waals surface area contributed by atoms with E-state index >= 15 is 0 Å². The Labute approximate surface area is 230 Å². The molecule has 0 radical (unpaired) electrons. The second kappa shape index (κ2) is 11.5. The van der Waals surface area contributed by atoms with E-state index < -0.39 is 0 Å². The van der Waals surface area contributed by atoms with E-state index in [1.165, 1.54) is 11.1 Å². The second-order valence-corrected chi connectivity index (χ2v) is 10.8. The van der Waals surface area contributed by atoms with Crippen molar-refractivity contribution in [3.8, 4) is 0 Å². The van der Waals surface area contributed by atoms with E-state index in [2.05, 4.69) is 70.2 Å². The molecule has 6 nitrogen and oxygen atoms in total. The zero-order valence-electron chi connectivity index (χ0n) is 22.4. The molecule has 200 valence electrons. The van der Waals surface area contributed by atoms with Gasteiger partial charge < -0.3 is 4.90 Å². The van der Waals surface area contributed by atoms with Crippen LogP contribution in [0, 0.1) is 0 Å². The Bertz CT molecular complexity index is 1450. The van der Waals surface area contributed by atoms with Crippen LogP contribution in [0.5, 0.6) is 0 Å². The van der Waals surface area contributed by atoms with Gasteiger partial charge >= 0.3 is 0 Å². The Hall–Kier alpha value is -3.90. The van der Waals surface area contributed by atoms with Gasteiger partial charge in [-0.05, 0) is 41.9 Å². The molecule has 2 aliphatic heterocycles. The van der Waals surface area contributed by atoms with Gasteiger partial charge in [-0.1, -0.05) is 91.0 Å². The van der Waals surface area contributed by atoms with Gasteiger partial charge in [0.2, 0.25) is 5.91 Å². The summed E-state index contributed by atoms with van der Waals surface area (Å²) in [6.07, 6.45) is 2.63. The van der Waals surface area contributed by atoms with Crippen molar-refractivity contribution in [1.82, 2.24) is 19.2 Å². The Kier molecular flexibility index (Phi) is 7.46. The van der Waals surface area contributed by atoms with E-state index in [0.29, 0.717) is 25.4 Å². The highest BCUT2D eigenvalue weighted by molar-refractivity contribution is 5.76. The lowest BCUT2D eigenvalue weighted by Gasteiger charge is -2.32. The van der Waals surface area contributed by atoms with Crippen LogP contribution in [0.1, 0.15) is 46.7 Å². The van der Waals surface area contributed by atoms with Gasteiger partial charge in [0.25, 0.3) is 5.56 Å². The van der Waals surface area contributed by atoms with E-state index in [-0.39, 0.29) is 18.0 Å². The summed E-state index contributed by atoms with van der Waals surface area (Å²) in [5, 5.41) is 0.